The van der Waals surface area contributed by atoms with Gasteiger partial charge in [0.05, 0.1) is 0 Å². The highest BCUT2D eigenvalue weighted by molar-refractivity contribution is 5.72. The lowest BCUT2D eigenvalue weighted by Gasteiger charge is -2.23. The van der Waals surface area contributed by atoms with E-state index >= 15 is 0 Å². The van der Waals surface area contributed by atoms with Crippen LogP contribution in [0.5, 0.6) is 0 Å². The van der Waals surface area contributed by atoms with Crippen LogP contribution in [0.25, 0.3) is 0 Å². The van der Waals surface area contributed by atoms with E-state index in [0.29, 0.717) is 13.2 Å². The van der Waals surface area contributed by atoms with Gasteiger partial charge in [0.15, 0.2) is 25.2 Å². The lowest BCUT2D eigenvalue weighted by atomic mass is 10.2. The normalized spacial score (nSPS) is 16.7. The van der Waals surface area contributed by atoms with Crippen LogP contribution in [-0.2, 0) is 47.5 Å². The Morgan fingerprint density at radius 2 is 0.857 bits per heavy atom. The molecule has 0 spiro atoms. The summed E-state index contributed by atoms with van der Waals surface area (Å²) in [5.74, 6) is -0.957. The lowest BCUT2D eigenvalue weighted by Crippen LogP contribution is -2.29. The van der Waals surface area contributed by atoms with Gasteiger partial charge in [-0.2, -0.15) is 0 Å². The Balaban J connectivity index is 4.00. The van der Waals surface area contributed by atoms with Crippen molar-refractivity contribution in [1.29, 1.82) is 0 Å². The van der Waals surface area contributed by atoms with Crippen molar-refractivity contribution < 1.29 is 47.5 Å². The van der Waals surface area contributed by atoms with E-state index < -0.39 is 49.7 Å². The highest BCUT2D eigenvalue weighted by Gasteiger charge is 2.18. The summed E-state index contributed by atoms with van der Waals surface area (Å²) < 4.78 is 43.5. The maximum Gasteiger partial charge on any atom is 0.308 e. The van der Waals surface area contributed by atoms with Crippen molar-refractivity contribution >= 4 is 11.9 Å². The maximum absolute atomic E-state index is 12.0. The first-order chi connectivity index (χ1) is 16.6. The molecule has 35 heavy (non-hydrogen) atoms. The summed E-state index contributed by atoms with van der Waals surface area (Å²) >= 11 is 0. The molecule has 0 rings (SSSR count). The van der Waals surface area contributed by atoms with Crippen molar-refractivity contribution in [1.82, 2.24) is 0 Å². The fourth-order valence-corrected chi connectivity index (χ4v) is 2.93. The summed E-state index contributed by atoms with van der Waals surface area (Å²) in [7, 11) is 0. The third-order valence-electron chi connectivity index (χ3n) is 4.59. The summed E-state index contributed by atoms with van der Waals surface area (Å²) in [5.41, 5.74) is 0. The highest BCUT2D eigenvalue weighted by Crippen LogP contribution is 2.10. The minimum Gasteiger partial charge on any atom is -0.436 e. The van der Waals surface area contributed by atoms with E-state index in [-0.39, 0.29) is 19.3 Å². The molecule has 0 N–H and O–H groups in total. The minimum atomic E-state index is -0.796. The molecule has 0 aromatic heterocycles. The quantitative estimate of drug-likeness (QED) is 0.112. The number of ether oxygens (including phenoxy) is 8. The van der Waals surface area contributed by atoms with E-state index in [0.717, 1.165) is 25.7 Å². The van der Waals surface area contributed by atoms with Crippen LogP contribution in [0.4, 0.5) is 0 Å². The molecule has 10 heteroatoms. The summed E-state index contributed by atoms with van der Waals surface area (Å²) in [4.78, 5) is 24.0. The molecule has 10 nitrogen and oxygen atoms in total. The van der Waals surface area contributed by atoms with E-state index in [9.17, 15) is 9.59 Å². The number of hydrogen-bond acceptors (Lipinski definition) is 10. The van der Waals surface area contributed by atoms with E-state index in [1.165, 1.54) is 0 Å². The van der Waals surface area contributed by atoms with Crippen molar-refractivity contribution in [2.24, 2.45) is 0 Å². The zero-order chi connectivity index (χ0) is 26.6. The summed E-state index contributed by atoms with van der Waals surface area (Å²) in [6.45, 7) is 15.6. The molecule has 0 aromatic rings. The molecule has 0 heterocycles. The van der Waals surface area contributed by atoms with Crippen molar-refractivity contribution in [3.05, 3.63) is 0 Å². The molecule has 0 radical (unpaired) electrons. The van der Waals surface area contributed by atoms with Gasteiger partial charge in [0.1, 0.15) is 0 Å². The number of esters is 2. The number of unbranched alkanes of at least 4 members (excludes halogenated alkanes) is 2. The standard InChI is InChI=1S/C25H48O10/c1-9-11-16-28-18(3)30-20(5)32-22(7)34-24(26)14-13-15-25(27)35-23(8)33-21(6)31-19(4)29-17-12-10-2/h18-23H,9-17H2,1-8H3. The fraction of sp³-hybridized carbons (Fsp3) is 0.920. The van der Waals surface area contributed by atoms with Crippen LogP contribution in [0, 0.1) is 0 Å². The average molecular weight is 509 g/mol. The monoisotopic (exact) mass is 508 g/mol. The van der Waals surface area contributed by atoms with Crippen molar-refractivity contribution in [2.45, 2.75) is 138 Å². The second-order valence-electron chi connectivity index (χ2n) is 8.23. The molecule has 0 aliphatic heterocycles. The number of hydrogen-bond donors (Lipinski definition) is 0. The summed E-state index contributed by atoms with van der Waals surface area (Å²) in [5, 5.41) is 0. The topological polar surface area (TPSA) is 108 Å². The zero-order valence-electron chi connectivity index (χ0n) is 22.9. The third kappa shape index (κ3) is 20.6. The Morgan fingerprint density at radius 3 is 1.20 bits per heavy atom. The summed E-state index contributed by atoms with van der Waals surface area (Å²) in [6.07, 6.45) is 0.722. The van der Waals surface area contributed by atoms with Crippen molar-refractivity contribution in [3.63, 3.8) is 0 Å². The van der Waals surface area contributed by atoms with Gasteiger partial charge in [0, 0.05) is 26.1 Å². The van der Waals surface area contributed by atoms with Crippen LogP contribution >= 0.6 is 0 Å². The van der Waals surface area contributed by atoms with Crippen LogP contribution in [-0.4, -0.2) is 62.9 Å². The molecule has 0 bridgehead atoms. The predicted molar refractivity (Wildman–Crippen MR) is 129 cm³/mol. The number of rotatable bonds is 22. The van der Waals surface area contributed by atoms with Crippen LogP contribution in [0.3, 0.4) is 0 Å². The van der Waals surface area contributed by atoms with Gasteiger partial charge in [-0.05, 0) is 60.8 Å². The molecule has 0 aliphatic carbocycles. The third-order valence-corrected chi connectivity index (χ3v) is 4.59. The Kier molecular flexibility index (Phi) is 20.1. The van der Waals surface area contributed by atoms with Gasteiger partial charge in [0.25, 0.3) is 0 Å². The second kappa shape index (κ2) is 20.8. The molecule has 0 aromatic carbocycles. The van der Waals surface area contributed by atoms with Crippen LogP contribution < -0.4 is 0 Å². The van der Waals surface area contributed by atoms with Gasteiger partial charge in [-0.3, -0.25) is 9.59 Å². The predicted octanol–water partition coefficient (Wildman–Crippen LogP) is 5.02. The van der Waals surface area contributed by atoms with E-state index in [2.05, 4.69) is 13.8 Å². The van der Waals surface area contributed by atoms with Crippen LogP contribution in [0.2, 0.25) is 0 Å². The van der Waals surface area contributed by atoms with Gasteiger partial charge >= 0.3 is 11.9 Å². The Hall–Kier alpha value is -1.30. The molecule has 208 valence electrons. The first kappa shape index (κ1) is 33.7. The Bertz CT molecular complexity index is 498. The summed E-state index contributed by atoms with van der Waals surface area (Å²) in [6, 6.07) is 0. The molecule has 0 fully saturated rings. The van der Waals surface area contributed by atoms with Crippen molar-refractivity contribution in [3.8, 4) is 0 Å². The molecule has 0 saturated carbocycles. The first-order valence-electron chi connectivity index (χ1n) is 12.8. The molecular weight excluding hydrogens is 460 g/mol. The zero-order valence-corrected chi connectivity index (χ0v) is 22.9. The Morgan fingerprint density at radius 1 is 0.514 bits per heavy atom. The lowest BCUT2D eigenvalue weighted by molar-refractivity contribution is -0.275. The highest BCUT2D eigenvalue weighted by atomic mass is 16.8. The Labute approximate surface area is 211 Å². The van der Waals surface area contributed by atoms with E-state index in [1.807, 2.05) is 0 Å². The van der Waals surface area contributed by atoms with E-state index in [4.69, 9.17) is 37.9 Å². The van der Waals surface area contributed by atoms with E-state index in [1.54, 1.807) is 41.5 Å². The average Bonchev–Trinajstić information content (AvgIpc) is 2.73. The second-order valence-corrected chi connectivity index (χ2v) is 8.23. The van der Waals surface area contributed by atoms with Gasteiger partial charge < -0.3 is 37.9 Å². The minimum absolute atomic E-state index is 0.0515. The van der Waals surface area contributed by atoms with Gasteiger partial charge in [0.2, 0.25) is 12.6 Å². The van der Waals surface area contributed by atoms with Gasteiger partial charge in [-0.15, -0.1) is 0 Å². The molecule has 6 unspecified atom stereocenters. The fourth-order valence-electron chi connectivity index (χ4n) is 2.93. The maximum atomic E-state index is 12.0. The van der Waals surface area contributed by atoms with Crippen molar-refractivity contribution in [2.75, 3.05) is 13.2 Å². The largest absolute Gasteiger partial charge is 0.436 e. The van der Waals surface area contributed by atoms with Gasteiger partial charge in [-0.25, -0.2) is 0 Å². The first-order valence-corrected chi connectivity index (χ1v) is 12.8. The number of carbonyl (C=O) groups excluding carboxylic acids is 2. The van der Waals surface area contributed by atoms with Crippen LogP contribution in [0.1, 0.15) is 100 Å². The smallest absolute Gasteiger partial charge is 0.308 e. The SMILES string of the molecule is CCCCOC(C)OC(C)OC(C)OC(=O)CCCC(=O)OC(C)OC(C)OC(C)OCCCC. The number of carbonyl (C=O) groups is 2. The van der Waals surface area contributed by atoms with Crippen LogP contribution in [0.15, 0.2) is 0 Å². The molecule has 6 atom stereocenters. The van der Waals surface area contributed by atoms with Gasteiger partial charge in [-0.1, -0.05) is 26.7 Å². The molecular formula is C25H48O10. The molecule has 0 aliphatic rings. The molecule has 0 saturated heterocycles. The molecule has 0 amide bonds.